The van der Waals surface area contributed by atoms with Crippen molar-refractivity contribution in [2.24, 2.45) is 11.7 Å². The summed E-state index contributed by atoms with van der Waals surface area (Å²) in [5.41, 5.74) is 9.03. The lowest BCUT2D eigenvalue weighted by atomic mass is 9.96. The number of ether oxygens (including phenoxy) is 1. The molecule has 0 aliphatic carbocycles. The molecule has 8 heteroatoms. The predicted molar refractivity (Wildman–Crippen MR) is 127 cm³/mol. The van der Waals surface area contributed by atoms with E-state index in [-0.39, 0.29) is 0 Å². The quantitative estimate of drug-likeness (QED) is 0.380. The topological polar surface area (TPSA) is 135 Å². The molecule has 0 saturated carbocycles. The molecule has 2 rings (SSSR count). The number of hydrogen-bond donors (Lipinski definition) is 4. The molecule has 32 heavy (non-hydrogen) atoms. The van der Waals surface area contributed by atoms with Crippen LogP contribution in [0.5, 0.6) is 5.75 Å². The number of carbonyl (C=O) groups is 2. The van der Waals surface area contributed by atoms with E-state index in [9.17, 15) is 9.59 Å². The monoisotopic (exact) mass is 445 g/mol. The Morgan fingerprint density at radius 1 is 1.22 bits per heavy atom. The van der Waals surface area contributed by atoms with Crippen LogP contribution in [0.1, 0.15) is 45.6 Å². The third-order valence-corrected chi connectivity index (χ3v) is 5.02. The van der Waals surface area contributed by atoms with Gasteiger partial charge in [-0.3, -0.25) is 4.98 Å². The van der Waals surface area contributed by atoms with E-state index < -0.39 is 11.9 Å². The molecule has 5 N–H and O–H groups in total. The molecular weight excluding hydrogens is 410 g/mol. The minimum Gasteiger partial charge on any atom is -0.497 e. The summed E-state index contributed by atoms with van der Waals surface area (Å²) in [5, 5.41) is 20.4. The van der Waals surface area contributed by atoms with Gasteiger partial charge < -0.3 is 26.0 Å². The standard InChI is InChI=1S/C20H31N3O.C4H4O4/c1-5-14(2)11-16-8-10-22-20-18(16)12-17(24-4)13-19(20)23-15(3)7-6-9-21;5-3(6)1-2-4(7)8/h8,10,12-15,23H,5-7,9,11,21H2,1-4H3;1-2H,(H,5,6)(H,7,8)/b;2-1+. The van der Waals surface area contributed by atoms with Gasteiger partial charge in [0.05, 0.1) is 18.3 Å². The number of rotatable bonds is 11. The van der Waals surface area contributed by atoms with E-state index in [1.165, 1.54) is 17.4 Å². The van der Waals surface area contributed by atoms with E-state index >= 15 is 0 Å². The number of methoxy groups -OCH3 is 1. The molecule has 2 atom stereocenters. The van der Waals surface area contributed by atoms with E-state index in [2.05, 4.69) is 43.2 Å². The van der Waals surface area contributed by atoms with Gasteiger partial charge >= 0.3 is 11.9 Å². The minimum atomic E-state index is -1.26. The molecular formula is C24H35N3O5. The van der Waals surface area contributed by atoms with Crippen LogP contribution in [0.4, 0.5) is 5.69 Å². The normalized spacial score (nSPS) is 12.7. The maximum atomic E-state index is 9.55. The number of nitrogens with one attached hydrogen (secondary N) is 1. The fourth-order valence-electron chi connectivity index (χ4n) is 3.11. The first-order valence-electron chi connectivity index (χ1n) is 10.8. The number of pyridine rings is 1. The number of aromatic nitrogens is 1. The Labute approximate surface area is 189 Å². The Hall–Kier alpha value is -3.13. The van der Waals surface area contributed by atoms with Crippen LogP contribution in [-0.2, 0) is 16.0 Å². The van der Waals surface area contributed by atoms with E-state index in [0.717, 1.165) is 42.8 Å². The molecule has 0 saturated heterocycles. The maximum absolute atomic E-state index is 9.55. The molecule has 0 aliphatic rings. The average Bonchev–Trinajstić information content (AvgIpc) is 2.76. The number of fused-ring (bicyclic) bond motifs is 1. The summed E-state index contributed by atoms with van der Waals surface area (Å²) in [4.78, 5) is 23.7. The predicted octanol–water partition coefficient (Wildman–Crippen LogP) is 4.08. The fourth-order valence-corrected chi connectivity index (χ4v) is 3.11. The van der Waals surface area contributed by atoms with E-state index in [0.29, 0.717) is 24.1 Å². The summed E-state index contributed by atoms with van der Waals surface area (Å²) >= 11 is 0. The Bertz CT molecular complexity index is 898. The van der Waals surface area contributed by atoms with Crippen LogP contribution in [0.3, 0.4) is 0 Å². The van der Waals surface area contributed by atoms with Crippen LogP contribution in [0, 0.1) is 5.92 Å². The first kappa shape index (κ1) is 26.9. The number of aliphatic carboxylic acids is 2. The summed E-state index contributed by atoms with van der Waals surface area (Å²) in [5.74, 6) is -0.990. The fraction of sp³-hybridized carbons (Fsp3) is 0.458. The van der Waals surface area contributed by atoms with Crippen LogP contribution in [0.15, 0.2) is 36.5 Å². The number of nitrogens with zero attached hydrogens (tertiary/aromatic N) is 1. The van der Waals surface area contributed by atoms with Gasteiger partial charge in [0.15, 0.2) is 0 Å². The van der Waals surface area contributed by atoms with E-state index in [1.807, 2.05) is 12.3 Å². The molecule has 2 unspecified atom stereocenters. The van der Waals surface area contributed by atoms with Crippen molar-refractivity contribution in [3.05, 3.63) is 42.1 Å². The van der Waals surface area contributed by atoms with Gasteiger partial charge in [-0.05, 0) is 56.3 Å². The summed E-state index contributed by atoms with van der Waals surface area (Å²) in [6, 6.07) is 6.64. The van der Waals surface area contributed by atoms with Crippen molar-refractivity contribution in [3.63, 3.8) is 0 Å². The van der Waals surface area contributed by atoms with Crippen LogP contribution in [0.2, 0.25) is 0 Å². The molecule has 2 aromatic rings. The van der Waals surface area contributed by atoms with Crippen LogP contribution in [-0.4, -0.2) is 46.8 Å². The van der Waals surface area contributed by atoms with E-state index in [4.69, 9.17) is 20.7 Å². The highest BCUT2D eigenvalue weighted by molar-refractivity contribution is 5.94. The Balaban J connectivity index is 0.000000547. The molecule has 176 valence electrons. The van der Waals surface area contributed by atoms with Crippen molar-refractivity contribution in [1.29, 1.82) is 0 Å². The molecule has 1 aromatic carbocycles. The summed E-state index contributed by atoms with van der Waals surface area (Å²) in [6.45, 7) is 7.44. The molecule has 1 aromatic heterocycles. The highest BCUT2D eigenvalue weighted by atomic mass is 16.5. The Kier molecular flexibility index (Phi) is 11.8. The van der Waals surface area contributed by atoms with Gasteiger partial charge in [0.2, 0.25) is 0 Å². The number of benzene rings is 1. The van der Waals surface area contributed by atoms with Crippen LogP contribution < -0.4 is 15.8 Å². The summed E-state index contributed by atoms with van der Waals surface area (Å²) < 4.78 is 5.52. The lowest BCUT2D eigenvalue weighted by Crippen LogP contribution is -2.17. The van der Waals surface area contributed by atoms with Gasteiger partial charge in [0, 0.05) is 35.8 Å². The van der Waals surface area contributed by atoms with Gasteiger partial charge in [0.25, 0.3) is 0 Å². The smallest absolute Gasteiger partial charge is 0.328 e. The van der Waals surface area contributed by atoms with Crippen molar-refractivity contribution in [3.8, 4) is 5.75 Å². The zero-order valence-electron chi connectivity index (χ0n) is 19.3. The van der Waals surface area contributed by atoms with Crippen molar-refractivity contribution in [2.45, 2.75) is 52.5 Å². The van der Waals surface area contributed by atoms with Gasteiger partial charge in [-0.2, -0.15) is 0 Å². The lowest BCUT2D eigenvalue weighted by Gasteiger charge is -2.19. The summed E-state index contributed by atoms with van der Waals surface area (Å²) in [7, 11) is 1.72. The Morgan fingerprint density at radius 2 is 1.88 bits per heavy atom. The Morgan fingerprint density at radius 3 is 2.41 bits per heavy atom. The van der Waals surface area contributed by atoms with Gasteiger partial charge in [-0.15, -0.1) is 0 Å². The number of nitrogens with two attached hydrogens (primary N) is 1. The number of carboxylic acid groups (broad SMARTS) is 2. The average molecular weight is 446 g/mol. The largest absolute Gasteiger partial charge is 0.497 e. The van der Waals surface area contributed by atoms with Gasteiger partial charge in [-0.1, -0.05) is 20.3 Å². The van der Waals surface area contributed by atoms with Gasteiger partial charge in [0.1, 0.15) is 5.75 Å². The maximum Gasteiger partial charge on any atom is 0.328 e. The van der Waals surface area contributed by atoms with Gasteiger partial charge in [-0.25, -0.2) is 9.59 Å². The molecule has 0 aliphatic heterocycles. The number of hydrogen-bond acceptors (Lipinski definition) is 6. The molecule has 0 radical (unpaired) electrons. The highest BCUT2D eigenvalue weighted by Crippen LogP contribution is 2.32. The molecule has 0 bridgehead atoms. The van der Waals surface area contributed by atoms with Crippen molar-refractivity contribution in [1.82, 2.24) is 4.98 Å². The molecule has 8 nitrogen and oxygen atoms in total. The SMILES string of the molecule is CCC(C)Cc1ccnc2c(NC(C)CCCN)cc(OC)cc12.O=C(O)/C=C/C(=O)O. The first-order chi connectivity index (χ1) is 15.2. The van der Waals surface area contributed by atoms with Crippen molar-refractivity contribution < 1.29 is 24.5 Å². The van der Waals surface area contributed by atoms with Crippen LogP contribution >= 0.6 is 0 Å². The highest BCUT2D eigenvalue weighted by Gasteiger charge is 2.13. The second-order valence-electron chi connectivity index (χ2n) is 7.74. The lowest BCUT2D eigenvalue weighted by molar-refractivity contribution is -0.134. The molecule has 1 heterocycles. The number of carboxylic acids is 2. The second kappa shape index (κ2) is 14.0. The second-order valence-corrected chi connectivity index (χ2v) is 7.74. The van der Waals surface area contributed by atoms with E-state index in [1.54, 1.807) is 7.11 Å². The molecule has 0 amide bonds. The zero-order valence-corrected chi connectivity index (χ0v) is 19.3. The van der Waals surface area contributed by atoms with Crippen molar-refractivity contribution in [2.75, 3.05) is 19.0 Å². The third-order valence-electron chi connectivity index (χ3n) is 5.02. The molecule has 0 spiro atoms. The number of anilines is 1. The zero-order chi connectivity index (χ0) is 24.1. The van der Waals surface area contributed by atoms with Crippen LogP contribution in [0.25, 0.3) is 10.9 Å². The third kappa shape index (κ3) is 9.34. The first-order valence-corrected chi connectivity index (χ1v) is 10.8. The summed E-state index contributed by atoms with van der Waals surface area (Å²) in [6.07, 6.45) is 7.33. The molecule has 0 fully saturated rings. The van der Waals surface area contributed by atoms with Crippen molar-refractivity contribution >= 4 is 28.5 Å². The minimum absolute atomic E-state index is 0.351.